The fraction of sp³-hybridized carbons (Fsp3) is 0.333. The summed E-state index contributed by atoms with van der Waals surface area (Å²) in [6.45, 7) is 1.71. The van der Waals surface area contributed by atoms with Crippen molar-refractivity contribution < 1.29 is 23.3 Å². The number of hydrogen-bond donors (Lipinski definition) is 1. The quantitative estimate of drug-likeness (QED) is 0.646. The van der Waals surface area contributed by atoms with Crippen LogP contribution in [0.25, 0.3) is 0 Å². The van der Waals surface area contributed by atoms with E-state index < -0.39 is 45.7 Å². The first-order valence-electron chi connectivity index (χ1n) is 6.05. The number of piperazine rings is 1. The average Bonchev–Trinajstić information content (AvgIpc) is 2.43. The summed E-state index contributed by atoms with van der Waals surface area (Å²) in [6.07, 6.45) is 0. The minimum Gasteiger partial charge on any atom is -0.353 e. The Morgan fingerprint density at radius 1 is 1.48 bits per heavy atom. The molecule has 1 fully saturated rings. The van der Waals surface area contributed by atoms with E-state index in [0.29, 0.717) is 12.1 Å². The maximum atomic E-state index is 14.0. The number of nitrogens with zero attached hydrogens (tertiary/aromatic N) is 2. The van der Waals surface area contributed by atoms with Crippen molar-refractivity contribution in [2.75, 3.05) is 13.1 Å². The second kappa shape index (κ2) is 5.43. The normalized spacial score (nSPS) is 18.3. The second-order valence-corrected chi connectivity index (χ2v) is 4.51. The minimum atomic E-state index is -1.41. The Kier molecular flexibility index (Phi) is 3.83. The Morgan fingerprint density at radius 2 is 2.14 bits per heavy atom. The molecular formula is C12H11F2N3O4. The van der Waals surface area contributed by atoms with E-state index in [1.54, 1.807) is 0 Å². The highest BCUT2D eigenvalue weighted by Gasteiger charge is 2.33. The van der Waals surface area contributed by atoms with Crippen LogP contribution in [0.4, 0.5) is 14.5 Å². The second-order valence-electron chi connectivity index (χ2n) is 4.51. The van der Waals surface area contributed by atoms with Crippen LogP contribution in [0.1, 0.15) is 17.3 Å². The lowest BCUT2D eigenvalue weighted by Crippen LogP contribution is -2.56. The van der Waals surface area contributed by atoms with Gasteiger partial charge >= 0.3 is 5.69 Å². The van der Waals surface area contributed by atoms with Crippen molar-refractivity contribution in [2.45, 2.75) is 13.0 Å². The van der Waals surface area contributed by atoms with Crippen LogP contribution in [0.5, 0.6) is 0 Å². The van der Waals surface area contributed by atoms with Crippen LogP contribution >= 0.6 is 0 Å². The van der Waals surface area contributed by atoms with Gasteiger partial charge in [0, 0.05) is 13.1 Å². The molecule has 1 aromatic carbocycles. The molecule has 0 aromatic heterocycles. The Hall–Kier alpha value is -2.58. The van der Waals surface area contributed by atoms with Crippen molar-refractivity contribution in [3.8, 4) is 0 Å². The lowest BCUT2D eigenvalue weighted by atomic mass is 10.1. The number of carbonyl (C=O) groups excluding carboxylic acids is 2. The molecule has 0 radical (unpaired) electrons. The third-order valence-corrected chi connectivity index (χ3v) is 3.21. The lowest BCUT2D eigenvalue weighted by molar-refractivity contribution is -0.387. The molecule has 1 heterocycles. The van der Waals surface area contributed by atoms with Crippen molar-refractivity contribution in [1.82, 2.24) is 10.2 Å². The van der Waals surface area contributed by atoms with Gasteiger partial charge in [-0.2, -0.15) is 4.39 Å². The molecule has 1 aliphatic rings. The van der Waals surface area contributed by atoms with Crippen molar-refractivity contribution in [3.63, 3.8) is 0 Å². The van der Waals surface area contributed by atoms with Crippen LogP contribution in [0, 0.1) is 21.7 Å². The summed E-state index contributed by atoms with van der Waals surface area (Å²) in [5.41, 5.74) is -1.88. The Balaban J connectivity index is 2.44. The number of benzene rings is 1. The van der Waals surface area contributed by atoms with Gasteiger partial charge in [0.05, 0.1) is 16.6 Å². The summed E-state index contributed by atoms with van der Waals surface area (Å²) in [5, 5.41) is 13.2. The zero-order valence-electron chi connectivity index (χ0n) is 10.9. The number of nitro benzene ring substituents is 1. The topological polar surface area (TPSA) is 92.6 Å². The van der Waals surface area contributed by atoms with Crippen LogP contribution in [0.3, 0.4) is 0 Å². The molecule has 0 saturated carbocycles. The molecular weight excluding hydrogens is 288 g/mol. The first kappa shape index (κ1) is 14.8. The molecule has 0 bridgehead atoms. The summed E-state index contributed by atoms with van der Waals surface area (Å²) < 4.78 is 27.3. The van der Waals surface area contributed by atoms with Crippen LogP contribution < -0.4 is 5.32 Å². The lowest BCUT2D eigenvalue weighted by Gasteiger charge is -2.32. The number of halogens is 2. The van der Waals surface area contributed by atoms with Gasteiger partial charge in [0.1, 0.15) is 11.9 Å². The Labute approximate surface area is 117 Å². The number of rotatable bonds is 2. The standard InChI is InChI=1S/C12H11F2N3O4/c1-6-11(18)15-2-3-16(6)12(19)8-4-7(13)5-9(10(8)14)17(20)21/h4-6H,2-3H2,1H3,(H,15,18). The summed E-state index contributed by atoms with van der Waals surface area (Å²) in [4.78, 5) is 34.3. The van der Waals surface area contributed by atoms with Gasteiger partial charge in [-0.25, -0.2) is 4.39 Å². The number of nitro groups is 1. The number of carbonyl (C=O) groups is 2. The third kappa shape index (κ3) is 2.67. The number of nitrogens with one attached hydrogen (secondary N) is 1. The molecule has 0 aliphatic carbocycles. The van der Waals surface area contributed by atoms with E-state index in [2.05, 4.69) is 5.32 Å². The summed E-state index contributed by atoms with van der Waals surface area (Å²) in [7, 11) is 0. The largest absolute Gasteiger partial charge is 0.353 e. The van der Waals surface area contributed by atoms with Crippen LogP contribution in [0.15, 0.2) is 12.1 Å². The van der Waals surface area contributed by atoms with Gasteiger partial charge < -0.3 is 10.2 Å². The maximum absolute atomic E-state index is 14.0. The molecule has 1 atom stereocenters. The zero-order chi connectivity index (χ0) is 15.7. The molecule has 2 rings (SSSR count). The summed E-state index contributed by atoms with van der Waals surface area (Å²) in [5.74, 6) is -3.90. The third-order valence-electron chi connectivity index (χ3n) is 3.21. The van der Waals surface area contributed by atoms with Crippen LogP contribution in [-0.2, 0) is 4.79 Å². The zero-order valence-corrected chi connectivity index (χ0v) is 10.9. The van der Waals surface area contributed by atoms with Crippen LogP contribution in [-0.4, -0.2) is 40.8 Å². The van der Waals surface area contributed by atoms with Gasteiger partial charge in [0.25, 0.3) is 5.91 Å². The SMILES string of the molecule is CC1C(=O)NCCN1C(=O)c1cc(F)cc([N+](=O)[O-])c1F. The van der Waals surface area contributed by atoms with E-state index >= 15 is 0 Å². The monoisotopic (exact) mass is 299 g/mol. The summed E-state index contributed by atoms with van der Waals surface area (Å²) in [6, 6.07) is 0.121. The maximum Gasteiger partial charge on any atom is 0.308 e. The van der Waals surface area contributed by atoms with E-state index in [0.717, 1.165) is 4.90 Å². The first-order valence-corrected chi connectivity index (χ1v) is 6.05. The van der Waals surface area contributed by atoms with Gasteiger partial charge in [0.15, 0.2) is 0 Å². The van der Waals surface area contributed by atoms with Gasteiger partial charge in [-0.05, 0) is 13.0 Å². The van der Waals surface area contributed by atoms with Gasteiger partial charge in [-0.15, -0.1) is 0 Å². The highest BCUT2D eigenvalue weighted by Crippen LogP contribution is 2.24. The summed E-state index contributed by atoms with van der Waals surface area (Å²) >= 11 is 0. The molecule has 7 nitrogen and oxygen atoms in total. The number of amides is 2. The van der Waals surface area contributed by atoms with Gasteiger partial charge in [-0.3, -0.25) is 19.7 Å². The highest BCUT2D eigenvalue weighted by molar-refractivity contribution is 5.98. The van der Waals surface area contributed by atoms with Crippen molar-refractivity contribution in [3.05, 3.63) is 39.4 Å². The smallest absolute Gasteiger partial charge is 0.308 e. The number of hydrogen-bond acceptors (Lipinski definition) is 4. The molecule has 1 N–H and O–H groups in total. The Morgan fingerprint density at radius 3 is 2.76 bits per heavy atom. The molecule has 1 saturated heterocycles. The fourth-order valence-corrected chi connectivity index (χ4v) is 2.08. The predicted octanol–water partition coefficient (Wildman–Crippen LogP) is 0.834. The first-order chi connectivity index (χ1) is 9.82. The van der Waals surface area contributed by atoms with Crippen molar-refractivity contribution in [2.24, 2.45) is 0 Å². The van der Waals surface area contributed by atoms with E-state index in [-0.39, 0.29) is 13.1 Å². The van der Waals surface area contributed by atoms with Gasteiger partial charge in [0.2, 0.25) is 11.7 Å². The molecule has 9 heteroatoms. The van der Waals surface area contributed by atoms with Gasteiger partial charge in [-0.1, -0.05) is 0 Å². The van der Waals surface area contributed by atoms with Crippen molar-refractivity contribution in [1.29, 1.82) is 0 Å². The van der Waals surface area contributed by atoms with E-state index in [9.17, 15) is 28.5 Å². The van der Waals surface area contributed by atoms with E-state index in [1.807, 2.05) is 0 Å². The Bertz CT molecular complexity index is 635. The minimum absolute atomic E-state index is 0.107. The molecule has 112 valence electrons. The molecule has 1 aromatic rings. The van der Waals surface area contributed by atoms with Crippen LogP contribution in [0.2, 0.25) is 0 Å². The highest BCUT2D eigenvalue weighted by atomic mass is 19.1. The molecule has 21 heavy (non-hydrogen) atoms. The molecule has 1 aliphatic heterocycles. The molecule has 2 amide bonds. The van der Waals surface area contributed by atoms with E-state index in [4.69, 9.17) is 0 Å². The molecule has 1 unspecified atom stereocenters. The predicted molar refractivity (Wildman–Crippen MR) is 66.5 cm³/mol. The fourth-order valence-electron chi connectivity index (χ4n) is 2.08. The molecule has 0 spiro atoms. The van der Waals surface area contributed by atoms with Crippen molar-refractivity contribution >= 4 is 17.5 Å². The van der Waals surface area contributed by atoms with E-state index in [1.165, 1.54) is 6.92 Å². The average molecular weight is 299 g/mol.